The van der Waals surface area contributed by atoms with Crippen LogP contribution in [0.15, 0.2) is 33.3 Å². The second-order valence-corrected chi connectivity index (χ2v) is 7.44. The van der Waals surface area contributed by atoms with E-state index in [9.17, 15) is 4.79 Å². The SMILES string of the molecule is CCOc1ccc(CCC(=O)N2CCc3[nH]c(Br)c(Br)c3C2)cc1. The number of ether oxygens (including phenoxy) is 1. The fourth-order valence-electron chi connectivity index (χ4n) is 2.96. The van der Waals surface area contributed by atoms with Crippen molar-refractivity contribution in [1.82, 2.24) is 9.88 Å². The van der Waals surface area contributed by atoms with E-state index >= 15 is 0 Å². The van der Waals surface area contributed by atoms with Gasteiger partial charge in [-0.1, -0.05) is 12.1 Å². The van der Waals surface area contributed by atoms with E-state index < -0.39 is 0 Å². The van der Waals surface area contributed by atoms with Gasteiger partial charge in [0.2, 0.25) is 5.91 Å². The number of aryl methyl sites for hydroxylation is 1. The molecule has 0 unspecified atom stereocenters. The molecule has 2 heterocycles. The lowest BCUT2D eigenvalue weighted by Gasteiger charge is -2.27. The summed E-state index contributed by atoms with van der Waals surface area (Å²) in [5, 5.41) is 0. The first-order valence-electron chi connectivity index (χ1n) is 8.12. The second-order valence-electron chi connectivity index (χ2n) is 5.85. The lowest BCUT2D eigenvalue weighted by atomic mass is 10.1. The summed E-state index contributed by atoms with van der Waals surface area (Å²) >= 11 is 7.08. The summed E-state index contributed by atoms with van der Waals surface area (Å²) in [5.41, 5.74) is 3.56. The summed E-state index contributed by atoms with van der Waals surface area (Å²) in [4.78, 5) is 17.8. The topological polar surface area (TPSA) is 45.3 Å². The van der Waals surface area contributed by atoms with Crippen molar-refractivity contribution in [2.45, 2.75) is 32.7 Å². The van der Waals surface area contributed by atoms with Crippen molar-refractivity contribution in [1.29, 1.82) is 0 Å². The van der Waals surface area contributed by atoms with Crippen molar-refractivity contribution in [3.05, 3.63) is 50.2 Å². The van der Waals surface area contributed by atoms with Gasteiger partial charge in [-0.15, -0.1) is 0 Å². The number of aromatic amines is 1. The molecule has 0 saturated carbocycles. The second kappa shape index (κ2) is 7.74. The summed E-state index contributed by atoms with van der Waals surface area (Å²) in [5.74, 6) is 1.08. The molecule has 0 saturated heterocycles. The Labute approximate surface area is 158 Å². The number of hydrogen-bond donors (Lipinski definition) is 1. The lowest BCUT2D eigenvalue weighted by molar-refractivity contribution is -0.132. The standard InChI is InChI=1S/C18H20Br2N2O2/c1-2-24-13-6-3-12(4-7-13)5-8-16(23)22-10-9-15-14(11-22)17(19)18(20)21-15/h3-4,6-7,21H,2,5,8-11H2,1H3. The van der Waals surface area contributed by atoms with Crippen LogP contribution in [0.1, 0.15) is 30.2 Å². The maximum atomic E-state index is 12.5. The lowest BCUT2D eigenvalue weighted by Crippen LogP contribution is -2.36. The van der Waals surface area contributed by atoms with E-state index in [1.54, 1.807) is 0 Å². The highest BCUT2D eigenvalue weighted by atomic mass is 79.9. The maximum absolute atomic E-state index is 12.5. The smallest absolute Gasteiger partial charge is 0.223 e. The Kier molecular flexibility index (Phi) is 5.66. The number of carbonyl (C=O) groups excluding carboxylic acids is 1. The number of carbonyl (C=O) groups is 1. The van der Waals surface area contributed by atoms with Gasteiger partial charge in [0.1, 0.15) is 5.75 Å². The number of nitrogens with zero attached hydrogens (tertiary/aromatic N) is 1. The van der Waals surface area contributed by atoms with Crippen LogP contribution < -0.4 is 4.74 Å². The van der Waals surface area contributed by atoms with E-state index in [0.717, 1.165) is 39.8 Å². The molecule has 0 spiro atoms. The molecule has 0 aliphatic carbocycles. The number of hydrogen-bond acceptors (Lipinski definition) is 2. The third kappa shape index (κ3) is 3.86. The molecule has 128 valence electrons. The fourth-order valence-corrected chi connectivity index (χ4v) is 3.91. The molecule has 24 heavy (non-hydrogen) atoms. The Morgan fingerprint density at radius 1 is 1.29 bits per heavy atom. The normalized spacial score (nSPS) is 13.7. The zero-order valence-electron chi connectivity index (χ0n) is 13.6. The van der Waals surface area contributed by atoms with Gasteiger partial charge >= 0.3 is 0 Å². The van der Waals surface area contributed by atoms with Gasteiger partial charge in [-0.2, -0.15) is 0 Å². The Balaban J connectivity index is 1.57. The fraction of sp³-hybridized carbons (Fsp3) is 0.389. The molecule has 0 atom stereocenters. The van der Waals surface area contributed by atoms with Gasteiger partial charge in [-0.05, 0) is 62.9 Å². The summed E-state index contributed by atoms with van der Waals surface area (Å²) in [7, 11) is 0. The molecule has 0 radical (unpaired) electrons. The summed E-state index contributed by atoms with van der Waals surface area (Å²) in [6, 6.07) is 7.99. The molecular formula is C18H20Br2N2O2. The van der Waals surface area contributed by atoms with Gasteiger partial charge < -0.3 is 14.6 Å². The van der Waals surface area contributed by atoms with E-state index in [1.165, 1.54) is 11.3 Å². The monoisotopic (exact) mass is 454 g/mol. The summed E-state index contributed by atoms with van der Waals surface area (Å²) < 4.78 is 7.43. The Morgan fingerprint density at radius 3 is 2.75 bits per heavy atom. The van der Waals surface area contributed by atoms with Crippen molar-refractivity contribution in [3.63, 3.8) is 0 Å². The molecule has 3 rings (SSSR count). The Morgan fingerprint density at radius 2 is 2.04 bits per heavy atom. The molecule has 2 aromatic rings. The highest BCUT2D eigenvalue weighted by molar-refractivity contribution is 9.13. The van der Waals surface area contributed by atoms with Gasteiger partial charge in [0, 0.05) is 37.2 Å². The van der Waals surface area contributed by atoms with Gasteiger partial charge in [0.15, 0.2) is 0 Å². The molecule has 1 aromatic heterocycles. The molecular weight excluding hydrogens is 436 g/mol. The molecule has 1 aliphatic heterocycles. The minimum atomic E-state index is 0.207. The minimum Gasteiger partial charge on any atom is -0.494 e. The summed E-state index contributed by atoms with van der Waals surface area (Å²) in [6.45, 7) is 4.08. The molecule has 1 aromatic carbocycles. The van der Waals surface area contributed by atoms with Crippen molar-refractivity contribution in [3.8, 4) is 5.75 Å². The van der Waals surface area contributed by atoms with Gasteiger partial charge in [-0.25, -0.2) is 0 Å². The molecule has 1 aliphatic rings. The molecule has 1 amide bonds. The number of rotatable bonds is 5. The van der Waals surface area contributed by atoms with Crippen LogP contribution in [0.25, 0.3) is 0 Å². The number of benzene rings is 1. The summed E-state index contributed by atoms with van der Waals surface area (Å²) in [6.07, 6.45) is 2.16. The average molecular weight is 456 g/mol. The predicted molar refractivity (Wildman–Crippen MR) is 101 cm³/mol. The number of aromatic nitrogens is 1. The van der Waals surface area contributed by atoms with Crippen molar-refractivity contribution in [2.24, 2.45) is 0 Å². The zero-order valence-corrected chi connectivity index (χ0v) is 16.7. The van der Waals surface area contributed by atoms with E-state index in [1.807, 2.05) is 36.1 Å². The largest absolute Gasteiger partial charge is 0.494 e. The van der Waals surface area contributed by atoms with Gasteiger partial charge in [-0.3, -0.25) is 4.79 Å². The minimum absolute atomic E-state index is 0.207. The van der Waals surface area contributed by atoms with Crippen molar-refractivity contribution >= 4 is 37.8 Å². The number of nitrogens with one attached hydrogen (secondary N) is 1. The molecule has 0 fully saturated rings. The van der Waals surface area contributed by atoms with Crippen LogP contribution in [-0.2, 0) is 24.2 Å². The highest BCUT2D eigenvalue weighted by Crippen LogP contribution is 2.33. The molecule has 0 bridgehead atoms. The number of fused-ring (bicyclic) bond motifs is 1. The number of H-pyrrole nitrogens is 1. The van der Waals surface area contributed by atoms with Crippen LogP contribution in [0.4, 0.5) is 0 Å². The van der Waals surface area contributed by atoms with Gasteiger partial charge in [0.05, 0.1) is 15.7 Å². The molecule has 6 heteroatoms. The van der Waals surface area contributed by atoms with Crippen molar-refractivity contribution in [2.75, 3.05) is 13.2 Å². The zero-order chi connectivity index (χ0) is 17.1. The number of halogens is 2. The quantitative estimate of drug-likeness (QED) is 0.723. The maximum Gasteiger partial charge on any atom is 0.223 e. The third-order valence-corrected chi connectivity index (χ3v) is 6.28. The van der Waals surface area contributed by atoms with Crippen LogP contribution in [0.5, 0.6) is 5.75 Å². The van der Waals surface area contributed by atoms with E-state index in [4.69, 9.17) is 4.74 Å². The van der Waals surface area contributed by atoms with Crippen LogP contribution in [0, 0.1) is 0 Å². The van der Waals surface area contributed by atoms with E-state index in [2.05, 4.69) is 36.8 Å². The first kappa shape index (κ1) is 17.5. The average Bonchev–Trinajstić information content (AvgIpc) is 2.88. The van der Waals surface area contributed by atoms with Crippen LogP contribution in [0.3, 0.4) is 0 Å². The highest BCUT2D eigenvalue weighted by Gasteiger charge is 2.24. The van der Waals surface area contributed by atoms with Crippen molar-refractivity contribution < 1.29 is 9.53 Å². The van der Waals surface area contributed by atoms with Gasteiger partial charge in [0.25, 0.3) is 0 Å². The third-order valence-electron chi connectivity index (χ3n) is 4.28. The Hall–Kier alpha value is -1.27. The molecule has 1 N–H and O–H groups in total. The van der Waals surface area contributed by atoms with Crippen LogP contribution in [-0.4, -0.2) is 28.9 Å². The first-order chi connectivity index (χ1) is 11.6. The number of amides is 1. The van der Waals surface area contributed by atoms with Crippen LogP contribution >= 0.6 is 31.9 Å². The van der Waals surface area contributed by atoms with Crippen LogP contribution in [0.2, 0.25) is 0 Å². The predicted octanol–water partition coefficient (Wildman–Crippen LogP) is 4.46. The van der Waals surface area contributed by atoms with E-state index in [-0.39, 0.29) is 5.91 Å². The molecule has 4 nitrogen and oxygen atoms in total. The first-order valence-corrected chi connectivity index (χ1v) is 9.71. The van der Waals surface area contributed by atoms with E-state index in [0.29, 0.717) is 19.6 Å². The Bertz CT molecular complexity index is 725.